The Kier molecular flexibility index (Phi) is 5.33. The van der Waals surface area contributed by atoms with Gasteiger partial charge in [0.2, 0.25) is 5.13 Å². The predicted molar refractivity (Wildman–Crippen MR) is 92.7 cm³/mol. The van der Waals surface area contributed by atoms with Crippen LogP contribution in [0.4, 0.5) is 5.13 Å². The highest BCUT2D eigenvalue weighted by molar-refractivity contribution is 7.15. The number of aryl methyl sites for hydroxylation is 1. The molecule has 1 fully saturated rings. The number of nitrogens with one attached hydrogen (secondary N) is 1. The van der Waals surface area contributed by atoms with E-state index in [1.54, 1.807) is 25.1 Å². The summed E-state index contributed by atoms with van der Waals surface area (Å²) in [5, 5.41) is 12.7. The van der Waals surface area contributed by atoms with Gasteiger partial charge < -0.3 is 9.47 Å². The Morgan fingerprint density at radius 2 is 2.33 bits per heavy atom. The van der Waals surface area contributed by atoms with Gasteiger partial charge in [0.25, 0.3) is 5.91 Å². The molecule has 2 atom stereocenters. The van der Waals surface area contributed by atoms with Crippen LogP contribution in [0.15, 0.2) is 18.2 Å². The van der Waals surface area contributed by atoms with Crippen LogP contribution in [0.5, 0.6) is 5.75 Å². The molecule has 128 valence electrons. The Bertz CT molecular complexity index is 731. The summed E-state index contributed by atoms with van der Waals surface area (Å²) >= 11 is 7.26. The number of nitrogens with zero attached hydrogens (tertiary/aromatic N) is 2. The van der Waals surface area contributed by atoms with Crippen LogP contribution in [0.1, 0.15) is 36.4 Å². The molecule has 0 radical (unpaired) electrons. The van der Waals surface area contributed by atoms with Gasteiger partial charge in [0.15, 0.2) is 6.10 Å². The normalized spacial score (nSPS) is 18.4. The van der Waals surface area contributed by atoms with E-state index in [0.29, 0.717) is 15.9 Å². The average molecular weight is 368 g/mol. The summed E-state index contributed by atoms with van der Waals surface area (Å²) in [4.78, 5) is 12.3. The van der Waals surface area contributed by atoms with Crippen LogP contribution in [-0.2, 0) is 9.53 Å². The first-order valence-electron chi connectivity index (χ1n) is 7.71. The maximum atomic E-state index is 12.3. The number of benzene rings is 1. The average Bonchev–Trinajstić information content (AvgIpc) is 3.20. The number of ether oxygens (including phenoxy) is 2. The van der Waals surface area contributed by atoms with Crippen molar-refractivity contribution in [3.8, 4) is 5.75 Å². The molecule has 0 aliphatic carbocycles. The highest BCUT2D eigenvalue weighted by Crippen LogP contribution is 2.32. The molecule has 8 heteroatoms. The largest absolute Gasteiger partial charge is 0.481 e. The van der Waals surface area contributed by atoms with Crippen molar-refractivity contribution < 1.29 is 14.3 Å². The number of amides is 1. The first-order chi connectivity index (χ1) is 11.5. The molecule has 1 saturated heterocycles. The SMILES string of the molecule is Cc1cc(Cl)ccc1O[C@H](C)C(=O)Nc1nnc([C@@H]2CCCO2)s1. The van der Waals surface area contributed by atoms with E-state index in [1.807, 2.05) is 6.92 Å². The molecule has 2 heterocycles. The number of rotatable bonds is 5. The van der Waals surface area contributed by atoms with Gasteiger partial charge in [-0.1, -0.05) is 22.9 Å². The summed E-state index contributed by atoms with van der Waals surface area (Å²) in [5.74, 6) is 0.346. The molecule has 1 N–H and O–H groups in total. The van der Waals surface area contributed by atoms with Crippen molar-refractivity contribution in [3.05, 3.63) is 33.8 Å². The van der Waals surface area contributed by atoms with E-state index >= 15 is 0 Å². The lowest BCUT2D eigenvalue weighted by Crippen LogP contribution is -2.30. The number of carbonyl (C=O) groups excluding carboxylic acids is 1. The minimum absolute atomic E-state index is 0.00135. The molecule has 1 aliphatic heterocycles. The molecular formula is C16H18ClN3O3S. The number of carbonyl (C=O) groups is 1. The second-order valence-electron chi connectivity index (χ2n) is 5.61. The van der Waals surface area contributed by atoms with Crippen molar-refractivity contribution in [1.82, 2.24) is 10.2 Å². The molecular weight excluding hydrogens is 350 g/mol. The van der Waals surface area contributed by atoms with Crippen molar-refractivity contribution in [2.45, 2.75) is 38.9 Å². The summed E-state index contributed by atoms with van der Waals surface area (Å²) in [6.45, 7) is 4.31. The number of halogens is 1. The van der Waals surface area contributed by atoms with Crippen molar-refractivity contribution in [2.24, 2.45) is 0 Å². The van der Waals surface area contributed by atoms with Crippen LogP contribution in [-0.4, -0.2) is 28.8 Å². The smallest absolute Gasteiger partial charge is 0.266 e. The molecule has 2 aromatic rings. The van der Waals surface area contributed by atoms with Gasteiger partial charge >= 0.3 is 0 Å². The standard InChI is InChI=1S/C16H18ClN3O3S/c1-9-8-11(17)5-6-12(9)23-10(2)14(21)18-16-20-19-15(24-16)13-4-3-7-22-13/h5-6,8,10,13H,3-4,7H2,1-2H3,(H,18,20,21)/t10-,13+/m1/s1. The fraction of sp³-hybridized carbons (Fsp3) is 0.438. The lowest BCUT2D eigenvalue weighted by Gasteiger charge is -2.15. The third kappa shape index (κ3) is 4.03. The van der Waals surface area contributed by atoms with Crippen molar-refractivity contribution in [2.75, 3.05) is 11.9 Å². The maximum Gasteiger partial charge on any atom is 0.266 e. The van der Waals surface area contributed by atoms with E-state index in [1.165, 1.54) is 11.3 Å². The van der Waals surface area contributed by atoms with Gasteiger partial charge in [-0.3, -0.25) is 10.1 Å². The van der Waals surface area contributed by atoms with E-state index in [2.05, 4.69) is 15.5 Å². The van der Waals surface area contributed by atoms with Gasteiger partial charge in [-0.15, -0.1) is 10.2 Å². The van der Waals surface area contributed by atoms with Crippen LogP contribution in [0.25, 0.3) is 0 Å². The Labute approximate surface area is 149 Å². The maximum absolute atomic E-state index is 12.3. The lowest BCUT2D eigenvalue weighted by molar-refractivity contribution is -0.122. The van der Waals surface area contributed by atoms with Gasteiger partial charge in [0.05, 0.1) is 0 Å². The van der Waals surface area contributed by atoms with Crippen LogP contribution in [0, 0.1) is 6.92 Å². The molecule has 1 aromatic carbocycles. The molecule has 24 heavy (non-hydrogen) atoms. The predicted octanol–water partition coefficient (Wildman–Crippen LogP) is 3.76. The Morgan fingerprint density at radius 1 is 1.50 bits per heavy atom. The number of hydrogen-bond donors (Lipinski definition) is 1. The molecule has 6 nitrogen and oxygen atoms in total. The van der Waals surface area contributed by atoms with E-state index in [4.69, 9.17) is 21.1 Å². The van der Waals surface area contributed by atoms with Crippen LogP contribution in [0.2, 0.25) is 5.02 Å². The third-order valence-corrected chi connectivity index (χ3v) is 4.85. The Morgan fingerprint density at radius 3 is 3.04 bits per heavy atom. The number of anilines is 1. The zero-order chi connectivity index (χ0) is 17.1. The second-order valence-corrected chi connectivity index (χ2v) is 7.05. The van der Waals surface area contributed by atoms with Gasteiger partial charge in [-0.25, -0.2) is 0 Å². The van der Waals surface area contributed by atoms with Crippen LogP contribution >= 0.6 is 22.9 Å². The van der Waals surface area contributed by atoms with Crippen molar-refractivity contribution in [3.63, 3.8) is 0 Å². The zero-order valence-electron chi connectivity index (χ0n) is 13.4. The number of aromatic nitrogens is 2. The van der Waals surface area contributed by atoms with Gasteiger partial charge in [-0.05, 0) is 50.5 Å². The fourth-order valence-corrected chi connectivity index (χ4v) is 3.44. The molecule has 3 rings (SSSR count). The van der Waals surface area contributed by atoms with Crippen molar-refractivity contribution in [1.29, 1.82) is 0 Å². The molecule has 0 spiro atoms. The van der Waals surface area contributed by atoms with Crippen LogP contribution in [0.3, 0.4) is 0 Å². The topological polar surface area (TPSA) is 73.3 Å². The highest BCUT2D eigenvalue weighted by atomic mass is 35.5. The molecule has 1 aromatic heterocycles. The zero-order valence-corrected chi connectivity index (χ0v) is 15.0. The first-order valence-corrected chi connectivity index (χ1v) is 8.91. The molecule has 0 saturated carbocycles. The first kappa shape index (κ1) is 17.1. The monoisotopic (exact) mass is 367 g/mol. The third-order valence-electron chi connectivity index (χ3n) is 3.69. The summed E-state index contributed by atoms with van der Waals surface area (Å²) < 4.78 is 11.3. The highest BCUT2D eigenvalue weighted by Gasteiger charge is 2.23. The van der Waals surface area contributed by atoms with E-state index in [9.17, 15) is 4.79 Å². The lowest BCUT2D eigenvalue weighted by atomic mass is 10.2. The van der Waals surface area contributed by atoms with Gasteiger partial charge in [0.1, 0.15) is 16.9 Å². The summed E-state index contributed by atoms with van der Waals surface area (Å²) in [5.41, 5.74) is 0.874. The summed E-state index contributed by atoms with van der Waals surface area (Å²) in [6, 6.07) is 5.27. The number of hydrogen-bond acceptors (Lipinski definition) is 6. The fourth-order valence-electron chi connectivity index (χ4n) is 2.38. The Hall–Kier alpha value is -1.70. The minimum atomic E-state index is -0.667. The van der Waals surface area contributed by atoms with E-state index in [0.717, 1.165) is 30.0 Å². The molecule has 0 bridgehead atoms. The molecule has 1 amide bonds. The van der Waals surface area contributed by atoms with Crippen molar-refractivity contribution >= 4 is 34.0 Å². The van der Waals surface area contributed by atoms with E-state index < -0.39 is 6.10 Å². The Balaban J connectivity index is 1.59. The summed E-state index contributed by atoms with van der Waals surface area (Å²) in [6.07, 6.45) is 1.30. The quantitative estimate of drug-likeness (QED) is 0.871. The summed E-state index contributed by atoms with van der Waals surface area (Å²) in [7, 11) is 0. The van der Waals surface area contributed by atoms with E-state index in [-0.39, 0.29) is 12.0 Å². The molecule has 1 aliphatic rings. The molecule has 0 unspecified atom stereocenters. The minimum Gasteiger partial charge on any atom is -0.481 e. The van der Waals surface area contributed by atoms with Gasteiger partial charge in [-0.2, -0.15) is 0 Å². The van der Waals surface area contributed by atoms with Crippen LogP contribution < -0.4 is 10.1 Å². The second kappa shape index (κ2) is 7.46. The van der Waals surface area contributed by atoms with Gasteiger partial charge in [0, 0.05) is 11.6 Å².